The lowest BCUT2D eigenvalue weighted by atomic mass is 9.98. The van der Waals surface area contributed by atoms with Gasteiger partial charge < -0.3 is 83.9 Å². The van der Waals surface area contributed by atoms with Crippen LogP contribution in [-0.2, 0) is 33.3 Å². The van der Waals surface area contributed by atoms with Gasteiger partial charge in [-0.2, -0.15) is 0 Å². The molecule has 0 bridgehead atoms. The summed E-state index contributed by atoms with van der Waals surface area (Å²) in [4.78, 5) is 25.4. The maximum atomic E-state index is 12.8. The number of aromatic hydroxyl groups is 3. The topological polar surface area (TPSA) is 290 Å². The molecule has 2 aliphatic heterocycles. The van der Waals surface area contributed by atoms with E-state index in [9.17, 15) is 55.5 Å². The van der Waals surface area contributed by atoms with E-state index in [4.69, 9.17) is 37.9 Å². The highest BCUT2D eigenvalue weighted by Gasteiger charge is 2.49. The predicted molar refractivity (Wildman–Crippen MR) is 172 cm³/mol. The van der Waals surface area contributed by atoms with E-state index in [2.05, 4.69) is 0 Å². The third kappa shape index (κ3) is 9.20. The Morgan fingerprint density at radius 2 is 1.15 bits per heavy atom. The van der Waals surface area contributed by atoms with Gasteiger partial charge in [0.15, 0.2) is 35.4 Å². The van der Waals surface area contributed by atoms with Crippen LogP contribution < -0.4 is 14.2 Å². The molecule has 0 radical (unpaired) electrons. The second kappa shape index (κ2) is 17.7. The fourth-order valence-electron chi connectivity index (χ4n) is 5.19. The minimum atomic E-state index is -1.93. The van der Waals surface area contributed by atoms with Crippen LogP contribution in [-0.4, -0.2) is 154 Å². The molecule has 2 aromatic rings. The Morgan fingerprint density at radius 3 is 1.71 bits per heavy atom. The third-order valence-corrected chi connectivity index (χ3v) is 8.03. The van der Waals surface area contributed by atoms with Crippen molar-refractivity contribution in [2.75, 3.05) is 34.5 Å². The second-order valence-electron chi connectivity index (χ2n) is 11.4. The van der Waals surface area contributed by atoms with Crippen LogP contribution in [0.4, 0.5) is 0 Å². The van der Waals surface area contributed by atoms with Gasteiger partial charge in [-0.15, -0.1) is 0 Å². The molecule has 0 amide bonds. The Balaban J connectivity index is 1.44. The molecule has 19 heteroatoms. The van der Waals surface area contributed by atoms with Crippen molar-refractivity contribution in [3.63, 3.8) is 0 Å². The zero-order valence-electron chi connectivity index (χ0n) is 27.9. The molecule has 2 aromatic carbocycles. The van der Waals surface area contributed by atoms with Gasteiger partial charge in [-0.1, -0.05) is 0 Å². The monoisotopic (exact) mass is 740 g/mol. The third-order valence-electron chi connectivity index (χ3n) is 8.03. The minimum Gasteiger partial charge on any atom is -0.504 e. The van der Waals surface area contributed by atoms with Gasteiger partial charge in [0.2, 0.25) is 17.8 Å². The molecular weight excluding hydrogens is 700 g/mol. The molecule has 52 heavy (non-hydrogen) atoms. The number of phenolic OH excluding ortho intramolecular Hbond substituents is 3. The molecular formula is C33H40O19. The van der Waals surface area contributed by atoms with Crippen molar-refractivity contribution in [1.29, 1.82) is 0 Å². The molecule has 2 fully saturated rings. The average Bonchev–Trinajstić information content (AvgIpc) is 3.13. The first-order chi connectivity index (χ1) is 24.7. The van der Waals surface area contributed by atoms with Crippen LogP contribution in [0.5, 0.6) is 34.5 Å². The van der Waals surface area contributed by atoms with E-state index in [0.29, 0.717) is 5.56 Å². The fraction of sp³-hybridized carbons (Fsp3) is 0.455. The molecule has 0 saturated carbocycles. The van der Waals surface area contributed by atoms with E-state index in [0.717, 1.165) is 18.2 Å². The summed E-state index contributed by atoms with van der Waals surface area (Å²) < 4.78 is 42.2. The van der Waals surface area contributed by atoms with E-state index >= 15 is 0 Å². The number of carbonyl (C=O) groups is 2. The molecule has 9 N–H and O–H groups in total. The van der Waals surface area contributed by atoms with Gasteiger partial charge in [0.1, 0.15) is 42.7 Å². The van der Waals surface area contributed by atoms with Gasteiger partial charge in [-0.05, 0) is 47.5 Å². The predicted octanol–water partition coefficient (Wildman–Crippen LogP) is -1.73. The molecule has 2 aliphatic rings. The molecule has 10 atom stereocenters. The van der Waals surface area contributed by atoms with Crippen molar-refractivity contribution in [3.8, 4) is 34.5 Å². The Morgan fingerprint density at radius 1 is 0.654 bits per heavy atom. The van der Waals surface area contributed by atoms with Crippen molar-refractivity contribution in [1.82, 2.24) is 0 Å². The number of carbonyl (C=O) groups excluding carboxylic acids is 2. The molecule has 0 aliphatic carbocycles. The molecule has 2 heterocycles. The smallest absolute Gasteiger partial charge is 0.333 e. The molecule has 0 aromatic heterocycles. The van der Waals surface area contributed by atoms with Crippen molar-refractivity contribution >= 4 is 24.1 Å². The van der Waals surface area contributed by atoms with Crippen LogP contribution in [0, 0.1) is 0 Å². The van der Waals surface area contributed by atoms with E-state index in [-0.39, 0.29) is 28.6 Å². The Bertz CT molecular complexity index is 1580. The van der Waals surface area contributed by atoms with Crippen molar-refractivity contribution in [2.24, 2.45) is 0 Å². The Kier molecular flexibility index (Phi) is 13.6. The second-order valence-corrected chi connectivity index (χ2v) is 11.4. The van der Waals surface area contributed by atoms with Gasteiger partial charge in [0, 0.05) is 12.2 Å². The zero-order chi connectivity index (χ0) is 38.3. The van der Waals surface area contributed by atoms with Crippen LogP contribution in [0.25, 0.3) is 12.2 Å². The number of rotatable bonds is 13. The number of esters is 2. The summed E-state index contributed by atoms with van der Waals surface area (Å²) in [6.45, 7) is -1.50. The van der Waals surface area contributed by atoms with Crippen LogP contribution in [0.3, 0.4) is 0 Å². The maximum absolute atomic E-state index is 12.8. The summed E-state index contributed by atoms with van der Waals surface area (Å²) >= 11 is 0. The number of hydrogen-bond donors (Lipinski definition) is 9. The zero-order valence-corrected chi connectivity index (χ0v) is 27.9. The number of benzene rings is 2. The van der Waals surface area contributed by atoms with Crippen LogP contribution in [0.1, 0.15) is 11.1 Å². The van der Waals surface area contributed by atoms with Gasteiger partial charge in [0.25, 0.3) is 0 Å². The van der Waals surface area contributed by atoms with Gasteiger partial charge in [-0.3, -0.25) is 0 Å². The molecule has 19 nitrogen and oxygen atoms in total. The largest absolute Gasteiger partial charge is 0.504 e. The van der Waals surface area contributed by atoms with Gasteiger partial charge in [-0.25, -0.2) is 9.59 Å². The summed E-state index contributed by atoms with van der Waals surface area (Å²) in [6.07, 6.45) is -13.3. The van der Waals surface area contributed by atoms with E-state index in [1.165, 1.54) is 51.7 Å². The Hall–Kier alpha value is -4.70. The fourth-order valence-corrected chi connectivity index (χ4v) is 5.19. The van der Waals surface area contributed by atoms with Crippen molar-refractivity contribution in [3.05, 3.63) is 47.5 Å². The highest BCUT2D eigenvalue weighted by Crippen LogP contribution is 2.38. The number of hydrogen-bond acceptors (Lipinski definition) is 19. The van der Waals surface area contributed by atoms with Gasteiger partial charge in [0.05, 0.1) is 34.5 Å². The van der Waals surface area contributed by atoms with E-state index < -0.39 is 98.1 Å². The van der Waals surface area contributed by atoms with Crippen LogP contribution >= 0.6 is 0 Å². The lowest BCUT2D eigenvalue weighted by Gasteiger charge is -2.43. The lowest BCUT2D eigenvalue weighted by molar-refractivity contribution is -0.327. The highest BCUT2D eigenvalue weighted by molar-refractivity contribution is 5.88. The van der Waals surface area contributed by atoms with Crippen molar-refractivity contribution < 1.29 is 93.4 Å². The first-order valence-corrected chi connectivity index (χ1v) is 15.5. The standard InChI is InChI=1S/C33H40O19/c1-45-17-9-14(8-16(35)24(17)38)4-7-23(37)52-32-30(44)28(42)27(41)21(50-32)13-48-33-31(29(43)26(40)20(12-34)49-33)51-22(36)6-5-15-10-18(46-2)25(39)19(11-15)47-3/h4-11,20-21,26-35,38-44H,12-13H2,1-3H3/t20-,21-,26-,27-,28+,29+,30-,31-,32+,33-/m1/s1. The average molecular weight is 741 g/mol. The number of ether oxygens (including phenoxy) is 8. The number of methoxy groups -OCH3 is 3. The molecule has 286 valence electrons. The molecule has 0 spiro atoms. The van der Waals surface area contributed by atoms with E-state index in [1.54, 1.807) is 0 Å². The lowest BCUT2D eigenvalue weighted by Crippen LogP contribution is -2.62. The molecule has 4 rings (SSSR count). The SMILES string of the molecule is COc1cc(C=CC(=O)O[C@@H]2O[C@H](CO[C@@H]3O[C@H](CO)[C@@H](O)[C@H](O)[C@H]3OC(=O)C=Cc3cc(OC)c(O)c(OC)c3)[C@@H](O)[C@H](O)[C@H]2O)cc(O)c1O. The number of aliphatic hydroxyl groups is 6. The first kappa shape index (κ1) is 40.1. The van der Waals surface area contributed by atoms with E-state index in [1.807, 2.05) is 0 Å². The van der Waals surface area contributed by atoms with Crippen LogP contribution in [0.2, 0.25) is 0 Å². The number of aliphatic hydroxyl groups excluding tert-OH is 6. The van der Waals surface area contributed by atoms with Crippen LogP contribution in [0.15, 0.2) is 36.4 Å². The number of phenols is 3. The summed E-state index contributed by atoms with van der Waals surface area (Å²) in [5.74, 6) is -3.47. The quantitative estimate of drug-likeness (QED) is 0.0627. The summed E-state index contributed by atoms with van der Waals surface area (Å²) in [5.41, 5.74) is 0.551. The summed E-state index contributed by atoms with van der Waals surface area (Å²) in [7, 11) is 3.86. The molecule has 0 unspecified atom stereocenters. The normalized spacial score (nSPS) is 29.2. The first-order valence-electron chi connectivity index (χ1n) is 15.5. The Labute approximate surface area is 295 Å². The summed E-state index contributed by atoms with van der Waals surface area (Å²) in [6, 6.07) is 5.20. The van der Waals surface area contributed by atoms with Crippen molar-refractivity contribution in [2.45, 2.75) is 61.4 Å². The highest BCUT2D eigenvalue weighted by atomic mass is 16.7. The molecule has 2 saturated heterocycles. The maximum Gasteiger partial charge on any atom is 0.333 e. The summed E-state index contributed by atoms with van der Waals surface area (Å²) in [5, 5.41) is 92.1. The minimum absolute atomic E-state index is 0.0459. The van der Waals surface area contributed by atoms with Gasteiger partial charge >= 0.3 is 11.9 Å².